The number of amides is 2. The van der Waals surface area contributed by atoms with E-state index in [0.29, 0.717) is 12.2 Å². The molecule has 2 heterocycles. The van der Waals surface area contributed by atoms with Crippen LogP contribution in [0.2, 0.25) is 0 Å². The zero-order chi connectivity index (χ0) is 21.7. The Morgan fingerprint density at radius 2 is 1.97 bits per heavy atom. The fraction of sp³-hybridized carbons (Fsp3) is 0.318. The van der Waals surface area contributed by atoms with Crippen molar-refractivity contribution in [3.05, 3.63) is 57.9 Å². The maximum atomic E-state index is 12.4. The molecule has 0 unspecified atom stereocenters. The molecular formula is C22H25N3O3S2. The van der Waals surface area contributed by atoms with E-state index in [1.54, 1.807) is 22.7 Å². The summed E-state index contributed by atoms with van der Waals surface area (Å²) in [4.78, 5) is 30.0. The van der Waals surface area contributed by atoms with E-state index >= 15 is 0 Å². The lowest BCUT2D eigenvalue weighted by Crippen LogP contribution is -2.27. The Morgan fingerprint density at radius 3 is 2.67 bits per heavy atom. The predicted molar refractivity (Wildman–Crippen MR) is 122 cm³/mol. The van der Waals surface area contributed by atoms with Gasteiger partial charge < -0.3 is 10.1 Å². The van der Waals surface area contributed by atoms with Crippen molar-refractivity contribution in [2.24, 2.45) is 0 Å². The number of ether oxygens (including phenoxy) is 1. The maximum absolute atomic E-state index is 12.4. The molecule has 8 heteroatoms. The van der Waals surface area contributed by atoms with Gasteiger partial charge in [0.15, 0.2) is 0 Å². The number of hydrogen-bond acceptors (Lipinski definition) is 6. The fourth-order valence-electron chi connectivity index (χ4n) is 2.79. The number of rotatable bonds is 6. The zero-order valence-corrected chi connectivity index (χ0v) is 19.1. The van der Waals surface area contributed by atoms with E-state index in [1.807, 2.05) is 68.8 Å². The van der Waals surface area contributed by atoms with Crippen LogP contribution in [0.3, 0.4) is 0 Å². The Bertz CT molecular complexity index is 1020. The Labute approximate surface area is 184 Å². The zero-order valence-electron chi connectivity index (χ0n) is 17.4. The minimum absolute atomic E-state index is 0.0961. The van der Waals surface area contributed by atoms with Crippen LogP contribution in [-0.4, -0.2) is 22.6 Å². The van der Waals surface area contributed by atoms with Crippen molar-refractivity contribution in [3.63, 3.8) is 0 Å². The Kier molecular flexibility index (Phi) is 6.89. The summed E-state index contributed by atoms with van der Waals surface area (Å²) in [5.41, 5.74) is 2.70. The molecule has 0 saturated carbocycles. The first-order valence-corrected chi connectivity index (χ1v) is 11.3. The summed E-state index contributed by atoms with van der Waals surface area (Å²) >= 11 is 3.18. The second kappa shape index (κ2) is 9.40. The molecule has 158 valence electrons. The summed E-state index contributed by atoms with van der Waals surface area (Å²) in [5, 5.41) is 10.5. The van der Waals surface area contributed by atoms with Crippen LogP contribution < -0.4 is 10.6 Å². The molecule has 0 aliphatic heterocycles. The van der Waals surface area contributed by atoms with Gasteiger partial charge in [-0.25, -0.2) is 9.78 Å². The quantitative estimate of drug-likeness (QED) is 0.536. The van der Waals surface area contributed by atoms with E-state index in [0.717, 1.165) is 26.7 Å². The number of anilines is 1. The highest BCUT2D eigenvalue weighted by molar-refractivity contribution is 7.20. The summed E-state index contributed by atoms with van der Waals surface area (Å²) in [6.07, 6.45) is -0.273. The third kappa shape index (κ3) is 6.67. The number of carbonyl (C=O) groups is 2. The highest BCUT2D eigenvalue weighted by Crippen LogP contribution is 2.27. The van der Waals surface area contributed by atoms with Crippen LogP contribution in [0.15, 0.2) is 41.1 Å². The van der Waals surface area contributed by atoms with Gasteiger partial charge in [-0.1, -0.05) is 12.1 Å². The Morgan fingerprint density at radius 1 is 1.17 bits per heavy atom. The average Bonchev–Trinajstić information content (AvgIpc) is 3.29. The molecule has 0 bridgehead atoms. The number of carbonyl (C=O) groups excluding carboxylic acids is 2. The van der Waals surface area contributed by atoms with Crippen molar-refractivity contribution < 1.29 is 14.3 Å². The highest BCUT2D eigenvalue weighted by atomic mass is 32.1. The highest BCUT2D eigenvalue weighted by Gasteiger charge is 2.16. The van der Waals surface area contributed by atoms with Crippen molar-refractivity contribution >= 4 is 40.4 Å². The van der Waals surface area contributed by atoms with Gasteiger partial charge in [0.1, 0.15) is 10.6 Å². The Balaban J connectivity index is 1.55. The van der Waals surface area contributed by atoms with E-state index in [1.165, 1.54) is 0 Å². The lowest BCUT2D eigenvalue weighted by Gasteiger charge is -2.20. The molecule has 6 nitrogen and oxygen atoms in total. The van der Waals surface area contributed by atoms with Gasteiger partial charge in [-0.2, -0.15) is 0 Å². The van der Waals surface area contributed by atoms with Gasteiger partial charge in [0, 0.05) is 17.6 Å². The van der Waals surface area contributed by atoms with Crippen molar-refractivity contribution in [2.45, 2.75) is 46.3 Å². The number of hydrogen-bond donors (Lipinski definition) is 2. The largest absolute Gasteiger partial charge is 0.444 e. The van der Waals surface area contributed by atoms with Crippen molar-refractivity contribution in [1.82, 2.24) is 10.3 Å². The molecule has 2 N–H and O–H groups in total. The van der Waals surface area contributed by atoms with Crippen molar-refractivity contribution in [1.29, 1.82) is 0 Å². The first-order valence-electron chi connectivity index (χ1n) is 9.53. The van der Waals surface area contributed by atoms with Crippen molar-refractivity contribution in [3.8, 4) is 9.88 Å². The molecule has 0 spiro atoms. The second-order valence-electron chi connectivity index (χ2n) is 7.91. The molecule has 30 heavy (non-hydrogen) atoms. The first-order chi connectivity index (χ1) is 14.2. The standard InChI is InChI=1S/C22H25N3O3S2/c1-14-8-15(10-16(9-14)25-21(27)28-22(2,3)4)12-23-19(26)11-17-13-30-20(24-17)18-6-5-7-29-18/h5-10,13H,11-12H2,1-4H3,(H,23,26)(H,25,27). The Hall–Kier alpha value is -2.71. The smallest absolute Gasteiger partial charge is 0.412 e. The average molecular weight is 444 g/mol. The third-order valence-corrected chi connectivity index (χ3v) is 5.83. The third-order valence-electron chi connectivity index (χ3n) is 3.90. The summed E-state index contributed by atoms with van der Waals surface area (Å²) in [5.74, 6) is -0.0961. The number of aromatic nitrogens is 1. The summed E-state index contributed by atoms with van der Waals surface area (Å²) in [6, 6.07) is 9.67. The topological polar surface area (TPSA) is 80.3 Å². The molecule has 0 aliphatic rings. The molecule has 0 fully saturated rings. The van der Waals surface area contributed by atoms with Gasteiger partial charge in [-0.3, -0.25) is 10.1 Å². The number of nitrogens with one attached hydrogen (secondary N) is 2. The van der Waals surface area contributed by atoms with Crippen LogP contribution in [0.25, 0.3) is 9.88 Å². The molecule has 1 aromatic carbocycles. The van der Waals surface area contributed by atoms with Gasteiger partial charge in [0.2, 0.25) is 5.91 Å². The van der Waals surface area contributed by atoms with E-state index in [2.05, 4.69) is 15.6 Å². The lowest BCUT2D eigenvalue weighted by molar-refractivity contribution is -0.120. The molecular weight excluding hydrogens is 418 g/mol. The van der Waals surface area contributed by atoms with Gasteiger partial charge in [0.25, 0.3) is 0 Å². The van der Waals surface area contributed by atoms with Crippen LogP contribution in [0.4, 0.5) is 10.5 Å². The van der Waals surface area contributed by atoms with E-state index < -0.39 is 11.7 Å². The normalized spacial score (nSPS) is 11.2. The lowest BCUT2D eigenvalue weighted by atomic mass is 10.1. The molecule has 0 aliphatic carbocycles. The molecule has 3 aromatic rings. The number of benzene rings is 1. The first kappa shape index (κ1) is 22.0. The summed E-state index contributed by atoms with van der Waals surface area (Å²) in [6.45, 7) is 7.75. The molecule has 0 atom stereocenters. The van der Waals surface area contributed by atoms with Gasteiger partial charge >= 0.3 is 6.09 Å². The van der Waals surface area contributed by atoms with Gasteiger partial charge in [-0.15, -0.1) is 22.7 Å². The molecule has 0 saturated heterocycles. The number of thiazole rings is 1. The van der Waals surface area contributed by atoms with Crippen LogP contribution in [-0.2, 0) is 22.5 Å². The molecule has 2 aromatic heterocycles. The van der Waals surface area contributed by atoms with Crippen LogP contribution in [0, 0.1) is 6.92 Å². The van der Waals surface area contributed by atoms with Crippen LogP contribution in [0.1, 0.15) is 37.6 Å². The molecule has 3 rings (SSSR count). The minimum atomic E-state index is -0.566. The number of nitrogens with zero attached hydrogens (tertiary/aromatic N) is 1. The maximum Gasteiger partial charge on any atom is 0.412 e. The van der Waals surface area contributed by atoms with E-state index in [4.69, 9.17) is 4.74 Å². The second-order valence-corrected chi connectivity index (χ2v) is 9.71. The van der Waals surface area contributed by atoms with E-state index in [9.17, 15) is 9.59 Å². The van der Waals surface area contributed by atoms with Gasteiger partial charge in [-0.05, 0) is 62.4 Å². The monoisotopic (exact) mass is 443 g/mol. The summed E-state index contributed by atoms with van der Waals surface area (Å²) in [7, 11) is 0. The fourth-order valence-corrected chi connectivity index (χ4v) is 4.42. The SMILES string of the molecule is Cc1cc(CNC(=O)Cc2csc(-c3cccs3)n2)cc(NC(=O)OC(C)(C)C)c1. The predicted octanol–water partition coefficient (Wildman–Crippen LogP) is 5.39. The molecule has 2 amide bonds. The number of aryl methyl sites for hydroxylation is 1. The van der Waals surface area contributed by atoms with E-state index in [-0.39, 0.29) is 12.3 Å². The van der Waals surface area contributed by atoms with Crippen LogP contribution in [0.5, 0.6) is 0 Å². The van der Waals surface area contributed by atoms with Crippen LogP contribution >= 0.6 is 22.7 Å². The number of thiophene rings is 1. The van der Waals surface area contributed by atoms with Crippen molar-refractivity contribution in [2.75, 3.05) is 5.32 Å². The molecule has 0 radical (unpaired) electrons. The van der Waals surface area contributed by atoms with Gasteiger partial charge in [0.05, 0.1) is 17.0 Å². The minimum Gasteiger partial charge on any atom is -0.444 e. The summed E-state index contributed by atoms with van der Waals surface area (Å²) < 4.78 is 5.29.